The van der Waals surface area contributed by atoms with E-state index >= 15 is 0 Å². The van der Waals surface area contributed by atoms with Crippen LogP contribution in [0.5, 0.6) is 0 Å². The van der Waals surface area contributed by atoms with E-state index in [2.05, 4.69) is 5.32 Å². The summed E-state index contributed by atoms with van der Waals surface area (Å²) in [7, 11) is 0. The molecule has 0 spiro atoms. The Bertz CT molecular complexity index is 325. The summed E-state index contributed by atoms with van der Waals surface area (Å²) in [6.07, 6.45) is -0.714. The van der Waals surface area contributed by atoms with Gasteiger partial charge in [0, 0.05) is 25.4 Å². The van der Waals surface area contributed by atoms with Crippen LogP contribution >= 0.6 is 0 Å². The molecule has 0 aliphatic carbocycles. The van der Waals surface area contributed by atoms with E-state index in [1.54, 1.807) is 18.3 Å². The number of hydrogen-bond donors (Lipinski definition) is 1. The predicted octanol–water partition coefficient (Wildman–Crippen LogP) is 0.703. The lowest BCUT2D eigenvalue weighted by atomic mass is 10.4. The van der Waals surface area contributed by atoms with Crippen LogP contribution in [0, 0.1) is 0 Å². The minimum absolute atomic E-state index is 0.119. The Balaban J connectivity index is 2.32. The number of halogens is 2. The van der Waals surface area contributed by atoms with Crippen molar-refractivity contribution in [2.45, 2.75) is 13.0 Å². The van der Waals surface area contributed by atoms with E-state index in [1.807, 2.05) is 0 Å². The molecule has 0 aliphatic rings. The second-order valence-electron chi connectivity index (χ2n) is 2.83. The van der Waals surface area contributed by atoms with Crippen molar-refractivity contribution >= 4 is 0 Å². The average molecular weight is 202 g/mol. The molecule has 1 N–H and O–H groups in total. The highest BCUT2D eigenvalue weighted by Gasteiger charge is 2.00. The normalized spacial score (nSPS) is 10.8. The summed E-state index contributed by atoms with van der Waals surface area (Å²) >= 11 is 0. The first kappa shape index (κ1) is 10.8. The van der Waals surface area contributed by atoms with E-state index in [0.717, 1.165) is 0 Å². The SMILES string of the molecule is O=c1ccccn1CCNCC(F)F. The zero-order chi connectivity index (χ0) is 10.4. The monoisotopic (exact) mass is 202 g/mol. The first-order chi connectivity index (χ1) is 6.70. The van der Waals surface area contributed by atoms with E-state index in [1.165, 1.54) is 10.6 Å². The summed E-state index contributed by atoms with van der Waals surface area (Å²) in [5.41, 5.74) is -0.119. The number of pyridine rings is 1. The Kier molecular flexibility index (Phi) is 4.25. The Hall–Kier alpha value is -1.23. The van der Waals surface area contributed by atoms with Gasteiger partial charge in [0.2, 0.25) is 0 Å². The van der Waals surface area contributed by atoms with Gasteiger partial charge in [-0.25, -0.2) is 8.78 Å². The van der Waals surface area contributed by atoms with Crippen molar-refractivity contribution in [2.24, 2.45) is 0 Å². The summed E-state index contributed by atoms with van der Waals surface area (Å²) < 4.78 is 24.9. The largest absolute Gasteiger partial charge is 0.314 e. The molecule has 0 fully saturated rings. The average Bonchev–Trinajstić information content (AvgIpc) is 2.15. The van der Waals surface area contributed by atoms with Gasteiger partial charge in [-0.3, -0.25) is 4.79 Å². The molecular weight excluding hydrogens is 190 g/mol. The summed E-state index contributed by atoms with van der Waals surface area (Å²) in [4.78, 5) is 11.1. The molecule has 1 heterocycles. The van der Waals surface area contributed by atoms with Crippen LogP contribution in [0.4, 0.5) is 8.78 Å². The van der Waals surface area contributed by atoms with Gasteiger partial charge in [0.25, 0.3) is 12.0 Å². The molecule has 0 saturated carbocycles. The number of alkyl halides is 2. The fourth-order valence-corrected chi connectivity index (χ4v) is 1.06. The van der Waals surface area contributed by atoms with Gasteiger partial charge in [-0.05, 0) is 6.07 Å². The van der Waals surface area contributed by atoms with E-state index in [9.17, 15) is 13.6 Å². The van der Waals surface area contributed by atoms with Crippen molar-refractivity contribution in [1.29, 1.82) is 0 Å². The molecule has 0 saturated heterocycles. The first-order valence-corrected chi connectivity index (χ1v) is 4.34. The highest BCUT2D eigenvalue weighted by atomic mass is 19.3. The molecule has 1 aromatic rings. The zero-order valence-electron chi connectivity index (χ0n) is 7.62. The third kappa shape index (κ3) is 3.66. The Morgan fingerprint density at radius 3 is 2.86 bits per heavy atom. The second kappa shape index (κ2) is 5.49. The van der Waals surface area contributed by atoms with Gasteiger partial charge in [0.15, 0.2) is 0 Å². The molecule has 0 unspecified atom stereocenters. The molecule has 3 nitrogen and oxygen atoms in total. The number of nitrogens with zero attached hydrogens (tertiary/aromatic N) is 1. The van der Waals surface area contributed by atoms with Crippen LogP contribution in [0.1, 0.15) is 0 Å². The summed E-state index contributed by atoms with van der Waals surface area (Å²) in [6, 6.07) is 4.81. The molecule has 0 atom stereocenters. The number of nitrogens with one attached hydrogen (secondary N) is 1. The number of rotatable bonds is 5. The third-order valence-electron chi connectivity index (χ3n) is 1.73. The first-order valence-electron chi connectivity index (χ1n) is 4.34. The molecule has 0 aliphatic heterocycles. The maximum absolute atomic E-state index is 11.7. The molecule has 5 heteroatoms. The Labute approximate surface area is 80.4 Å². The van der Waals surface area contributed by atoms with Crippen LogP contribution in [0.2, 0.25) is 0 Å². The number of aromatic nitrogens is 1. The van der Waals surface area contributed by atoms with Crippen LogP contribution in [0.25, 0.3) is 0 Å². The van der Waals surface area contributed by atoms with Crippen LogP contribution in [-0.2, 0) is 6.54 Å². The van der Waals surface area contributed by atoms with Crippen LogP contribution in [-0.4, -0.2) is 24.1 Å². The third-order valence-corrected chi connectivity index (χ3v) is 1.73. The van der Waals surface area contributed by atoms with Crippen LogP contribution in [0.15, 0.2) is 29.2 Å². The molecular formula is C9H12F2N2O. The van der Waals surface area contributed by atoms with Crippen molar-refractivity contribution in [2.75, 3.05) is 13.1 Å². The molecule has 0 bridgehead atoms. The van der Waals surface area contributed by atoms with Gasteiger partial charge in [0.05, 0.1) is 6.54 Å². The molecule has 1 rings (SSSR count). The maximum Gasteiger partial charge on any atom is 0.250 e. The minimum atomic E-state index is -2.34. The van der Waals surface area contributed by atoms with Crippen LogP contribution < -0.4 is 10.9 Å². The summed E-state index contributed by atoms with van der Waals surface area (Å²) in [5, 5.41) is 2.55. The zero-order valence-corrected chi connectivity index (χ0v) is 7.62. The van der Waals surface area contributed by atoms with Crippen LogP contribution in [0.3, 0.4) is 0 Å². The topological polar surface area (TPSA) is 34.0 Å². The van der Waals surface area contributed by atoms with E-state index in [4.69, 9.17) is 0 Å². The van der Waals surface area contributed by atoms with Gasteiger partial charge in [-0.2, -0.15) is 0 Å². The van der Waals surface area contributed by atoms with Gasteiger partial charge in [-0.15, -0.1) is 0 Å². The smallest absolute Gasteiger partial charge is 0.250 e. The number of hydrogen-bond acceptors (Lipinski definition) is 2. The lowest BCUT2D eigenvalue weighted by molar-refractivity contribution is 0.146. The Morgan fingerprint density at radius 2 is 2.21 bits per heavy atom. The van der Waals surface area contributed by atoms with Gasteiger partial charge in [-0.1, -0.05) is 6.07 Å². The van der Waals surface area contributed by atoms with E-state index in [0.29, 0.717) is 13.1 Å². The van der Waals surface area contributed by atoms with Crippen molar-refractivity contribution in [3.05, 3.63) is 34.7 Å². The van der Waals surface area contributed by atoms with Crippen molar-refractivity contribution in [3.63, 3.8) is 0 Å². The maximum atomic E-state index is 11.7. The lowest BCUT2D eigenvalue weighted by Crippen LogP contribution is -2.28. The lowest BCUT2D eigenvalue weighted by Gasteiger charge is -2.05. The van der Waals surface area contributed by atoms with Crippen molar-refractivity contribution < 1.29 is 8.78 Å². The summed E-state index contributed by atoms with van der Waals surface area (Å²) in [5.74, 6) is 0. The standard InChI is InChI=1S/C9H12F2N2O/c10-8(11)7-12-4-6-13-5-2-1-3-9(13)14/h1-3,5,8,12H,4,6-7H2. The molecule has 0 aromatic carbocycles. The van der Waals surface area contributed by atoms with Crippen molar-refractivity contribution in [3.8, 4) is 0 Å². The fourth-order valence-electron chi connectivity index (χ4n) is 1.06. The Morgan fingerprint density at radius 1 is 1.43 bits per heavy atom. The highest BCUT2D eigenvalue weighted by molar-refractivity contribution is 4.93. The van der Waals surface area contributed by atoms with Crippen molar-refractivity contribution in [1.82, 2.24) is 9.88 Å². The molecule has 78 valence electrons. The minimum Gasteiger partial charge on any atom is -0.314 e. The van der Waals surface area contributed by atoms with Gasteiger partial charge < -0.3 is 9.88 Å². The van der Waals surface area contributed by atoms with Gasteiger partial charge >= 0.3 is 0 Å². The predicted molar refractivity (Wildman–Crippen MR) is 49.6 cm³/mol. The van der Waals surface area contributed by atoms with E-state index in [-0.39, 0.29) is 12.1 Å². The molecule has 0 radical (unpaired) electrons. The second-order valence-corrected chi connectivity index (χ2v) is 2.83. The summed E-state index contributed by atoms with van der Waals surface area (Å²) in [6.45, 7) is 0.447. The van der Waals surface area contributed by atoms with Gasteiger partial charge in [0.1, 0.15) is 0 Å². The fraction of sp³-hybridized carbons (Fsp3) is 0.444. The quantitative estimate of drug-likeness (QED) is 0.713. The highest BCUT2D eigenvalue weighted by Crippen LogP contribution is 1.87. The van der Waals surface area contributed by atoms with E-state index < -0.39 is 6.43 Å². The molecule has 14 heavy (non-hydrogen) atoms. The molecule has 1 aromatic heterocycles. The molecule has 0 amide bonds.